The van der Waals surface area contributed by atoms with Crippen LogP contribution >= 0.6 is 0 Å². The van der Waals surface area contributed by atoms with E-state index in [4.69, 9.17) is 5.73 Å². The zero-order valence-electron chi connectivity index (χ0n) is 7.54. The SMILES string of the molecule is CN1C=CN(C)CC(C)(N)C1. The average Bonchev–Trinajstić information content (AvgIpc) is 1.89. The van der Waals surface area contributed by atoms with Crippen molar-refractivity contribution in [3.05, 3.63) is 12.4 Å². The monoisotopic (exact) mass is 155 g/mol. The van der Waals surface area contributed by atoms with E-state index in [0.29, 0.717) is 0 Å². The average molecular weight is 155 g/mol. The molecule has 1 aliphatic heterocycles. The molecule has 0 saturated heterocycles. The van der Waals surface area contributed by atoms with Crippen LogP contribution in [0.4, 0.5) is 0 Å². The molecule has 2 N–H and O–H groups in total. The van der Waals surface area contributed by atoms with Crippen LogP contribution in [-0.4, -0.2) is 42.5 Å². The maximum Gasteiger partial charge on any atom is 0.0480 e. The van der Waals surface area contributed by atoms with Gasteiger partial charge in [0.15, 0.2) is 0 Å². The maximum atomic E-state index is 6.04. The van der Waals surface area contributed by atoms with E-state index in [2.05, 4.69) is 29.1 Å². The third-order valence-corrected chi connectivity index (χ3v) is 1.80. The Morgan fingerprint density at radius 1 is 1.18 bits per heavy atom. The Labute approximate surface area is 68.5 Å². The quantitative estimate of drug-likeness (QED) is 0.536. The molecule has 0 spiro atoms. The van der Waals surface area contributed by atoms with E-state index < -0.39 is 0 Å². The molecule has 1 heterocycles. The molecule has 0 bridgehead atoms. The third kappa shape index (κ3) is 2.42. The zero-order valence-corrected chi connectivity index (χ0v) is 7.54. The molecule has 0 radical (unpaired) electrons. The Bertz CT molecular complexity index is 147. The van der Waals surface area contributed by atoms with Crippen molar-refractivity contribution < 1.29 is 0 Å². The van der Waals surface area contributed by atoms with Gasteiger partial charge in [0.2, 0.25) is 0 Å². The largest absolute Gasteiger partial charge is 0.377 e. The van der Waals surface area contributed by atoms with Crippen molar-refractivity contribution >= 4 is 0 Å². The summed E-state index contributed by atoms with van der Waals surface area (Å²) < 4.78 is 0. The molecule has 0 fully saturated rings. The summed E-state index contributed by atoms with van der Waals surface area (Å²) in [5.41, 5.74) is 5.93. The lowest BCUT2D eigenvalue weighted by Crippen LogP contribution is -2.50. The molecule has 3 heteroatoms. The Kier molecular flexibility index (Phi) is 2.09. The number of likely N-dealkylation sites (N-methyl/N-ethyl adjacent to an activating group) is 2. The number of nitrogens with two attached hydrogens (primary N) is 1. The normalized spacial score (nSPS) is 23.6. The minimum absolute atomic E-state index is 0.104. The van der Waals surface area contributed by atoms with E-state index >= 15 is 0 Å². The molecular weight excluding hydrogens is 138 g/mol. The van der Waals surface area contributed by atoms with Gasteiger partial charge in [-0.3, -0.25) is 0 Å². The van der Waals surface area contributed by atoms with E-state index in [1.54, 1.807) is 0 Å². The number of nitrogens with zero attached hydrogens (tertiary/aromatic N) is 2. The molecular formula is C8H17N3. The zero-order chi connectivity index (χ0) is 8.48. The Morgan fingerprint density at radius 2 is 1.55 bits per heavy atom. The Balaban J connectivity index is 2.66. The standard InChI is InChI=1S/C8H17N3/c1-8(9)6-10(2)4-5-11(3)7-8/h4-5H,6-7,9H2,1-3H3. The maximum absolute atomic E-state index is 6.04. The molecule has 1 aliphatic rings. The van der Waals surface area contributed by atoms with Gasteiger partial charge in [0, 0.05) is 45.1 Å². The van der Waals surface area contributed by atoms with Gasteiger partial charge in [-0.25, -0.2) is 0 Å². The molecule has 0 aromatic rings. The van der Waals surface area contributed by atoms with E-state index in [1.807, 2.05) is 14.1 Å². The smallest absolute Gasteiger partial charge is 0.0480 e. The number of hydrogen-bond acceptors (Lipinski definition) is 3. The van der Waals surface area contributed by atoms with Crippen LogP contribution < -0.4 is 5.73 Å². The van der Waals surface area contributed by atoms with Crippen LogP contribution in [0.25, 0.3) is 0 Å². The van der Waals surface area contributed by atoms with Crippen molar-refractivity contribution in [1.29, 1.82) is 0 Å². The van der Waals surface area contributed by atoms with Crippen LogP contribution in [0, 0.1) is 0 Å². The lowest BCUT2D eigenvalue weighted by atomic mass is 10.0. The van der Waals surface area contributed by atoms with Crippen molar-refractivity contribution in [2.24, 2.45) is 5.73 Å². The lowest BCUT2D eigenvalue weighted by molar-refractivity contribution is 0.288. The molecule has 11 heavy (non-hydrogen) atoms. The summed E-state index contributed by atoms with van der Waals surface area (Å²) in [7, 11) is 4.08. The summed E-state index contributed by atoms with van der Waals surface area (Å²) in [5.74, 6) is 0. The van der Waals surface area contributed by atoms with Crippen molar-refractivity contribution in [1.82, 2.24) is 9.80 Å². The molecule has 0 atom stereocenters. The van der Waals surface area contributed by atoms with Crippen molar-refractivity contribution in [2.45, 2.75) is 12.5 Å². The van der Waals surface area contributed by atoms with Crippen LogP contribution in [0.2, 0.25) is 0 Å². The van der Waals surface area contributed by atoms with Gasteiger partial charge >= 0.3 is 0 Å². The summed E-state index contributed by atoms with van der Waals surface area (Å²) in [6.07, 6.45) is 4.11. The molecule has 3 nitrogen and oxygen atoms in total. The first-order chi connectivity index (χ1) is 4.99. The predicted molar refractivity (Wildman–Crippen MR) is 47.0 cm³/mol. The summed E-state index contributed by atoms with van der Waals surface area (Å²) in [6.45, 7) is 3.90. The molecule has 0 aromatic carbocycles. The Hall–Kier alpha value is -0.700. The van der Waals surface area contributed by atoms with E-state index in [9.17, 15) is 0 Å². The van der Waals surface area contributed by atoms with Gasteiger partial charge in [-0.05, 0) is 6.92 Å². The topological polar surface area (TPSA) is 32.5 Å². The van der Waals surface area contributed by atoms with Crippen LogP contribution in [0.5, 0.6) is 0 Å². The first-order valence-corrected chi connectivity index (χ1v) is 3.87. The van der Waals surface area contributed by atoms with Crippen LogP contribution in [0.15, 0.2) is 12.4 Å². The molecule has 0 saturated carbocycles. The van der Waals surface area contributed by atoms with E-state index in [-0.39, 0.29) is 5.54 Å². The highest BCUT2D eigenvalue weighted by molar-refractivity contribution is 4.95. The highest BCUT2D eigenvalue weighted by Crippen LogP contribution is 2.08. The van der Waals surface area contributed by atoms with E-state index in [1.165, 1.54) is 0 Å². The van der Waals surface area contributed by atoms with Crippen molar-refractivity contribution in [3.8, 4) is 0 Å². The summed E-state index contributed by atoms with van der Waals surface area (Å²) in [4.78, 5) is 4.23. The highest BCUT2D eigenvalue weighted by Gasteiger charge is 2.22. The second kappa shape index (κ2) is 2.74. The lowest BCUT2D eigenvalue weighted by Gasteiger charge is -2.29. The fourth-order valence-corrected chi connectivity index (χ4v) is 1.52. The number of hydrogen-bond donors (Lipinski definition) is 1. The minimum atomic E-state index is -0.104. The van der Waals surface area contributed by atoms with Gasteiger partial charge < -0.3 is 15.5 Å². The fraction of sp³-hybridized carbons (Fsp3) is 0.750. The summed E-state index contributed by atoms with van der Waals surface area (Å²) in [6, 6.07) is 0. The first kappa shape index (κ1) is 8.40. The third-order valence-electron chi connectivity index (χ3n) is 1.80. The molecule has 64 valence electrons. The van der Waals surface area contributed by atoms with Crippen molar-refractivity contribution in [3.63, 3.8) is 0 Å². The van der Waals surface area contributed by atoms with E-state index in [0.717, 1.165) is 13.1 Å². The molecule has 0 unspecified atom stereocenters. The Morgan fingerprint density at radius 3 is 1.91 bits per heavy atom. The van der Waals surface area contributed by atoms with Gasteiger partial charge in [0.05, 0.1) is 0 Å². The van der Waals surface area contributed by atoms with Gasteiger partial charge in [0.1, 0.15) is 0 Å². The van der Waals surface area contributed by atoms with Crippen LogP contribution in [0.1, 0.15) is 6.92 Å². The minimum Gasteiger partial charge on any atom is -0.377 e. The fourth-order valence-electron chi connectivity index (χ4n) is 1.52. The second-order valence-electron chi connectivity index (χ2n) is 3.78. The predicted octanol–water partition coefficient (Wildman–Crippen LogP) is 0.0522. The van der Waals surface area contributed by atoms with Crippen molar-refractivity contribution in [2.75, 3.05) is 27.2 Å². The highest BCUT2D eigenvalue weighted by atomic mass is 15.2. The molecule has 1 rings (SSSR count). The number of rotatable bonds is 0. The molecule has 0 amide bonds. The van der Waals surface area contributed by atoms with Crippen LogP contribution in [0.3, 0.4) is 0 Å². The van der Waals surface area contributed by atoms with Gasteiger partial charge in [0.25, 0.3) is 0 Å². The molecule has 0 aromatic heterocycles. The summed E-state index contributed by atoms with van der Waals surface area (Å²) >= 11 is 0. The first-order valence-electron chi connectivity index (χ1n) is 3.87. The molecule has 0 aliphatic carbocycles. The van der Waals surface area contributed by atoms with Gasteiger partial charge in [-0.15, -0.1) is 0 Å². The second-order valence-corrected chi connectivity index (χ2v) is 3.78. The summed E-state index contributed by atoms with van der Waals surface area (Å²) in [5, 5.41) is 0. The van der Waals surface area contributed by atoms with Gasteiger partial charge in [-0.2, -0.15) is 0 Å². The van der Waals surface area contributed by atoms with Crippen LogP contribution in [-0.2, 0) is 0 Å². The van der Waals surface area contributed by atoms with Gasteiger partial charge in [-0.1, -0.05) is 0 Å².